The highest BCUT2D eigenvalue weighted by molar-refractivity contribution is 5.70. The highest BCUT2D eigenvalue weighted by atomic mass is 16.6. The maximum absolute atomic E-state index is 11.1. The van der Waals surface area contributed by atoms with Crippen molar-refractivity contribution in [3.05, 3.63) is 48.2 Å². The van der Waals surface area contributed by atoms with Crippen LogP contribution in [0.1, 0.15) is 25.3 Å². The molecule has 0 radical (unpaired) electrons. The Hall–Kier alpha value is -1.77. The lowest BCUT2D eigenvalue weighted by molar-refractivity contribution is -0.147. The van der Waals surface area contributed by atoms with Gasteiger partial charge in [-0.2, -0.15) is 0 Å². The van der Waals surface area contributed by atoms with Crippen molar-refractivity contribution in [3.8, 4) is 0 Å². The molecule has 0 N–H and O–H groups in total. The number of ether oxygens (including phenoxy) is 2. The number of hydrogen-bond acceptors (Lipinski definition) is 3. The van der Waals surface area contributed by atoms with Crippen molar-refractivity contribution in [1.29, 1.82) is 0 Å². The minimum Gasteiger partial charge on any atom is -0.486 e. The lowest BCUT2D eigenvalue weighted by Gasteiger charge is -2.15. The Bertz CT molecular complexity index is 370. The summed E-state index contributed by atoms with van der Waals surface area (Å²) in [5.41, 5.74) is 1.11. The fourth-order valence-electron chi connectivity index (χ4n) is 1.41. The minimum absolute atomic E-state index is 0.0608. The molecule has 0 aliphatic rings. The monoisotopic (exact) mass is 234 g/mol. The van der Waals surface area contributed by atoms with Crippen LogP contribution >= 0.6 is 0 Å². The summed E-state index contributed by atoms with van der Waals surface area (Å²) in [5.74, 6) is 0.267. The molecule has 1 aromatic carbocycles. The van der Waals surface area contributed by atoms with Crippen molar-refractivity contribution in [2.24, 2.45) is 0 Å². The molecule has 0 saturated heterocycles. The smallest absolute Gasteiger partial charge is 0.344 e. The van der Waals surface area contributed by atoms with Gasteiger partial charge in [-0.1, -0.05) is 43.8 Å². The van der Waals surface area contributed by atoms with E-state index in [1.807, 2.05) is 37.3 Å². The quantitative estimate of drug-likeness (QED) is 0.561. The summed E-state index contributed by atoms with van der Waals surface area (Å²) in [7, 11) is 0. The van der Waals surface area contributed by atoms with Crippen LogP contribution in [0.25, 0.3) is 0 Å². The van der Waals surface area contributed by atoms with Crippen molar-refractivity contribution in [3.63, 3.8) is 0 Å². The van der Waals surface area contributed by atoms with Crippen LogP contribution in [0.4, 0.5) is 0 Å². The van der Waals surface area contributed by atoms with Crippen LogP contribution < -0.4 is 0 Å². The summed E-state index contributed by atoms with van der Waals surface area (Å²) in [6.45, 7) is 7.87. The third-order valence-corrected chi connectivity index (χ3v) is 2.46. The van der Waals surface area contributed by atoms with Crippen LogP contribution in [-0.2, 0) is 14.3 Å². The first-order chi connectivity index (χ1) is 8.15. The Balaban J connectivity index is 2.45. The van der Waals surface area contributed by atoms with Gasteiger partial charge in [-0.15, -0.1) is 0 Å². The maximum atomic E-state index is 11.1. The predicted octanol–water partition coefficient (Wildman–Crippen LogP) is 2.88. The molecule has 92 valence electrons. The second-order valence-corrected chi connectivity index (χ2v) is 3.69. The van der Waals surface area contributed by atoms with E-state index in [1.165, 1.54) is 0 Å². The number of hydrogen-bond donors (Lipinski definition) is 0. The number of allylic oxidation sites excluding steroid dienone is 1. The second-order valence-electron chi connectivity index (χ2n) is 3.69. The fourth-order valence-corrected chi connectivity index (χ4v) is 1.41. The standard InChI is InChI=1S/C14H18O3/c1-4-16-14(15)10-17-12(3)11(2)13-8-6-5-7-9-13/h5-9,11H,3-4,10H2,1-2H3. The molecule has 17 heavy (non-hydrogen) atoms. The average Bonchev–Trinajstić information content (AvgIpc) is 2.36. The third-order valence-electron chi connectivity index (χ3n) is 2.46. The van der Waals surface area contributed by atoms with Gasteiger partial charge in [0.2, 0.25) is 0 Å². The molecular weight excluding hydrogens is 216 g/mol. The Morgan fingerprint density at radius 3 is 2.53 bits per heavy atom. The fraction of sp³-hybridized carbons (Fsp3) is 0.357. The molecule has 0 saturated carbocycles. The Labute approximate surface area is 102 Å². The molecule has 0 spiro atoms. The van der Waals surface area contributed by atoms with Crippen molar-refractivity contribution in [2.45, 2.75) is 19.8 Å². The van der Waals surface area contributed by atoms with Gasteiger partial charge in [-0.25, -0.2) is 4.79 Å². The second kappa shape index (κ2) is 6.74. The van der Waals surface area contributed by atoms with Crippen molar-refractivity contribution >= 4 is 5.97 Å². The highest BCUT2D eigenvalue weighted by Gasteiger charge is 2.12. The number of carbonyl (C=O) groups is 1. The number of carbonyl (C=O) groups excluding carboxylic acids is 1. The highest BCUT2D eigenvalue weighted by Crippen LogP contribution is 2.22. The first-order valence-electron chi connectivity index (χ1n) is 5.67. The van der Waals surface area contributed by atoms with E-state index in [-0.39, 0.29) is 18.5 Å². The Morgan fingerprint density at radius 2 is 1.94 bits per heavy atom. The summed E-state index contributed by atoms with van der Waals surface area (Å²) < 4.78 is 10.1. The van der Waals surface area contributed by atoms with Crippen molar-refractivity contribution < 1.29 is 14.3 Å². The molecule has 1 aromatic rings. The zero-order chi connectivity index (χ0) is 12.7. The Kier molecular flexibility index (Phi) is 5.27. The van der Waals surface area contributed by atoms with Crippen LogP contribution in [0.2, 0.25) is 0 Å². The van der Waals surface area contributed by atoms with Gasteiger partial charge in [-0.05, 0) is 12.5 Å². The number of benzene rings is 1. The van der Waals surface area contributed by atoms with Crippen LogP contribution in [0.15, 0.2) is 42.7 Å². The molecule has 0 aliphatic carbocycles. The van der Waals surface area contributed by atoms with Gasteiger partial charge in [-0.3, -0.25) is 0 Å². The first-order valence-corrected chi connectivity index (χ1v) is 5.67. The summed E-state index contributed by atoms with van der Waals surface area (Å²) in [5, 5.41) is 0. The maximum Gasteiger partial charge on any atom is 0.344 e. The topological polar surface area (TPSA) is 35.5 Å². The first kappa shape index (κ1) is 13.3. The van der Waals surface area contributed by atoms with Gasteiger partial charge in [0.1, 0.15) is 0 Å². The molecule has 1 unspecified atom stereocenters. The Morgan fingerprint density at radius 1 is 1.29 bits per heavy atom. The summed E-state index contributed by atoms with van der Waals surface area (Å²) in [6, 6.07) is 9.89. The van der Waals surface area contributed by atoms with Crippen LogP contribution in [0, 0.1) is 0 Å². The molecule has 1 atom stereocenters. The van der Waals surface area contributed by atoms with Crippen LogP contribution in [0.3, 0.4) is 0 Å². The summed E-state index contributed by atoms with van der Waals surface area (Å²) >= 11 is 0. The molecule has 0 amide bonds. The molecule has 0 fully saturated rings. The SMILES string of the molecule is C=C(OCC(=O)OCC)C(C)c1ccccc1. The molecule has 0 aliphatic heterocycles. The normalized spacial score (nSPS) is 11.6. The van der Waals surface area contributed by atoms with Gasteiger partial charge < -0.3 is 9.47 Å². The van der Waals surface area contributed by atoms with E-state index >= 15 is 0 Å². The predicted molar refractivity (Wildman–Crippen MR) is 66.6 cm³/mol. The van der Waals surface area contributed by atoms with E-state index in [0.717, 1.165) is 5.56 Å². The van der Waals surface area contributed by atoms with Gasteiger partial charge in [0.25, 0.3) is 0 Å². The van der Waals surface area contributed by atoms with Crippen LogP contribution in [0.5, 0.6) is 0 Å². The van der Waals surface area contributed by atoms with Gasteiger partial charge in [0.15, 0.2) is 6.61 Å². The summed E-state index contributed by atoms with van der Waals surface area (Å²) in [4.78, 5) is 11.1. The molecular formula is C14H18O3. The van der Waals surface area contributed by atoms with Crippen molar-refractivity contribution in [2.75, 3.05) is 13.2 Å². The zero-order valence-electron chi connectivity index (χ0n) is 10.3. The van der Waals surface area contributed by atoms with E-state index in [2.05, 4.69) is 6.58 Å². The van der Waals surface area contributed by atoms with E-state index in [0.29, 0.717) is 12.4 Å². The van der Waals surface area contributed by atoms with Gasteiger partial charge >= 0.3 is 5.97 Å². The van der Waals surface area contributed by atoms with E-state index in [9.17, 15) is 4.79 Å². The molecule has 0 heterocycles. The summed E-state index contributed by atoms with van der Waals surface area (Å²) in [6.07, 6.45) is 0. The largest absolute Gasteiger partial charge is 0.486 e. The number of rotatable bonds is 6. The van der Waals surface area contributed by atoms with E-state index in [4.69, 9.17) is 9.47 Å². The van der Waals surface area contributed by atoms with Crippen LogP contribution in [-0.4, -0.2) is 19.2 Å². The molecule has 0 aromatic heterocycles. The average molecular weight is 234 g/mol. The van der Waals surface area contributed by atoms with Gasteiger partial charge in [0.05, 0.1) is 12.4 Å². The zero-order valence-corrected chi connectivity index (χ0v) is 10.3. The third kappa shape index (κ3) is 4.31. The van der Waals surface area contributed by atoms with Gasteiger partial charge in [0, 0.05) is 5.92 Å². The molecule has 3 nitrogen and oxygen atoms in total. The van der Waals surface area contributed by atoms with E-state index < -0.39 is 0 Å². The lowest BCUT2D eigenvalue weighted by atomic mass is 10.00. The molecule has 1 rings (SSSR count). The molecule has 0 bridgehead atoms. The lowest BCUT2D eigenvalue weighted by Crippen LogP contribution is -2.13. The molecule has 3 heteroatoms. The van der Waals surface area contributed by atoms with E-state index in [1.54, 1.807) is 6.92 Å². The number of esters is 1. The minimum atomic E-state index is -0.367. The van der Waals surface area contributed by atoms with Crippen molar-refractivity contribution in [1.82, 2.24) is 0 Å².